The number of likely N-dealkylation sites (tertiary alicyclic amines) is 1. The number of hydrogen-bond donors (Lipinski definition) is 1. The lowest BCUT2D eigenvalue weighted by Crippen LogP contribution is -2.31. The largest absolute Gasteiger partial charge is 0.352 e. The molecule has 19 heavy (non-hydrogen) atoms. The molecule has 2 rings (SSSR count). The van der Waals surface area contributed by atoms with E-state index in [0.717, 1.165) is 37.1 Å². The Balaban J connectivity index is 1.80. The smallest absolute Gasteiger partial charge is 0.251 e. The van der Waals surface area contributed by atoms with Gasteiger partial charge in [-0.15, -0.1) is 0 Å². The van der Waals surface area contributed by atoms with Crippen LogP contribution in [0.1, 0.15) is 29.3 Å². The van der Waals surface area contributed by atoms with E-state index in [9.17, 15) is 4.79 Å². The predicted octanol–water partition coefficient (Wildman–Crippen LogP) is 2.65. The molecule has 1 saturated heterocycles. The van der Waals surface area contributed by atoms with E-state index in [1.807, 2.05) is 24.3 Å². The van der Waals surface area contributed by atoms with Gasteiger partial charge in [-0.1, -0.05) is 35.0 Å². The topological polar surface area (TPSA) is 32.3 Å². The third-order valence-corrected chi connectivity index (χ3v) is 4.39. The summed E-state index contributed by atoms with van der Waals surface area (Å²) in [5, 5.41) is 3.87. The molecule has 1 amide bonds. The number of rotatable bonds is 5. The fourth-order valence-electron chi connectivity index (χ4n) is 2.45. The first-order chi connectivity index (χ1) is 9.22. The van der Waals surface area contributed by atoms with Crippen LogP contribution in [-0.2, 0) is 5.33 Å². The van der Waals surface area contributed by atoms with Crippen molar-refractivity contribution in [2.24, 2.45) is 5.92 Å². The van der Waals surface area contributed by atoms with Crippen LogP contribution in [0.3, 0.4) is 0 Å². The first kappa shape index (κ1) is 14.5. The molecular formula is C15H21BrN2O. The summed E-state index contributed by atoms with van der Waals surface area (Å²) in [6.07, 6.45) is 1.19. The average molecular weight is 325 g/mol. The SMILES string of the molecule is CCN1CCC(CNC(=O)c2ccc(CBr)cc2)C1. The van der Waals surface area contributed by atoms with Gasteiger partial charge in [0.2, 0.25) is 0 Å². The normalized spacial score (nSPS) is 19.6. The molecule has 1 N–H and O–H groups in total. The van der Waals surface area contributed by atoms with Gasteiger partial charge < -0.3 is 10.2 Å². The molecule has 0 aliphatic carbocycles. The summed E-state index contributed by atoms with van der Waals surface area (Å²) < 4.78 is 0. The zero-order valence-electron chi connectivity index (χ0n) is 11.4. The van der Waals surface area contributed by atoms with Gasteiger partial charge in [0.25, 0.3) is 5.91 Å². The molecular weight excluding hydrogens is 304 g/mol. The summed E-state index contributed by atoms with van der Waals surface area (Å²) in [6, 6.07) is 7.74. The number of carbonyl (C=O) groups excluding carboxylic acids is 1. The van der Waals surface area contributed by atoms with Gasteiger partial charge in [-0.3, -0.25) is 4.79 Å². The highest BCUT2D eigenvalue weighted by Crippen LogP contribution is 2.15. The molecule has 3 nitrogen and oxygen atoms in total. The Kier molecular flexibility index (Phi) is 5.40. The van der Waals surface area contributed by atoms with Crippen LogP contribution in [0.5, 0.6) is 0 Å². The molecule has 0 aromatic heterocycles. The summed E-state index contributed by atoms with van der Waals surface area (Å²) in [7, 11) is 0. The molecule has 1 aromatic rings. The number of halogens is 1. The quantitative estimate of drug-likeness (QED) is 0.844. The maximum Gasteiger partial charge on any atom is 0.251 e. The van der Waals surface area contributed by atoms with Gasteiger partial charge in [0.05, 0.1) is 0 Å². The van der Waals surface area contributed by atoms with E-state index in [4.69, 9.17) is 0 Å². The molecule has 104 valence electrons. The first-order valence-corrected chi connectivity index (χ1v) is 8.00. The number of carbonyl (C=O) groups is 1. The predicted molar refractivity (Wildman–Crippen MR) is 81.6 cm³/mol. The summed E-state index contributed by atoms with van der Waals surface area (Å²) in [6.45, 7) is 6.36. The Hall–Kier alpha value is -0.870. The molecule has 0 saturated carbocycles. The van der Waals surface area contributed by atoms with Crippen LogP contribution in [0.4, 0.5) is 0 Å². The van der Waals surface area contributed by atoms with Crippen LogP contribution in [0, 0.1) is 5.92 Å². The lowest BCUT2D eigenvalue weighted by molar-refractivity contribution is 0.0947. The van der Waals surface area contributed by atoms with Crippen molar-refractivity contribution >= 4 is 21.8 Å². The van der Waals surface area contributed by atoms with Crippen LogP contribution in [0.15, 0.2) is 24.3 Å². The number of amides is 1. The number of hydrogen-bond acceptors (Lipinski definition) is 2. The van der Waals surface area contributed by atoms with E-state index in [0.29, 0.717) is 5.92 Å². The molecule has 0 spiro atoms. The van der Waals surface area contributed by atoms with E-state index < -0.39 is 0 Å². The van der Waals surface area contributed by atoms with E-state index in [1.165, 1.54) is 12.0 Å². The number of alkyl halides is 1. The Morgan fingerprint density at radius 2 is 2.16 bits per heavy atom. The van der Waals surface area contributed by atoms with Gasteiger partial charge >= 0.3 is 0 Å². The van der Waals surface area contributed by atoms with Gasteiger partial charge in [-0.05, 0) is 43.1 Å². The molecule has 0 bridgehead atoms. The number of nitrogens with one attached hydrogen (secondary N) is 1. The second-order valence-corrected chi connectivity index (χ2v) is 5.65. The zero-order valence-corrected chi connectivity index (χ0v) is 12.9. The minimum absolute atomic E-state index is 0.0380. The second kappa shape index (κ2) is 7.06. The summed E-state index contributed by atoms with van der Waals surface area (Å²) in [5.74, 6) is 0.641. The highest BCUT2D eigenvalue weighted by Gasteiger charge is 2.21. The maximum atomic E-state index is 12.0. The molecule has 1 atom stereocenters. The molecule has 1 aromatic carbocycles. The van der Waals surface area contributed by atoms with Gasteiger partial charge in [0, 0.05) is 24.0 Å². The first-order valence-electron chi connectivity index (χ1n) is 6.88. The Morgan fingerprint density at radius 3 is 2.74 bits per heavy atom. The van der Waals surface area contributed by atoms with E-state index >= 15 is 0 Å². The molecule has 1 aliphatic heterocycles. The number of benzene rings is 1. The van der Waals surface area contributed by atoms with Crippen molar-refractivity contribution in [3.63, 3.8) is 0 Å². The van der Waals surface area contributed by atoms with Gasteiger partial charge in [0.15, 0.2) is 0 Å². The molecule has 1 aliphatic rings. The van der Waals surface area contributed by atoms with Crippen LogP contribution >= 0.6 is 15.9 Å². The third-order valence-electron chi connectivity index (χ3n) is 3.74. The van der Waals surface area contributed by atoms with Gasteiger partial charge in [-0.2, -0.15) is 0 Å². The van der Waals surface area contributed by atoms with Crippen molar-refractivity contribution < 1.29 is 4.79 Å². The van der Waals surface area contributed by atoms with E-state index in [2.05, 4.69) is 33.1 Å². The van der Waals surface area contributed by atoms with Crippen molar-refractivity contribution in [3.05, 3.63) is 35.4 Å². The molecule has 1 heterocycles. The fraction of sp³-hybridized carbons (Fsp3) is 0.533. The summed E-state index contributed by atoms with van der Waals surface area (Å²) in [4.78, 5) is 14.4. The van der Waals surface area contributed by atoms with Crippen molar-refractivity contribution in [1.29, 1.82) is 0 Å². The van der Waals surface area contributed by atoms with Crippen molar-refractivity contribution in [2.45, 2.75) is 18.7 Å². The highest BCUT2D eigenvalue weighted by atomic mass is 79.9. The minimum atomic E-state index is 0.0380. The minimum Gasteiger partial charge on any atom is -0.352 e. The van der Waals surface area contributed by atoms with E-state index in [1.54, 1.807) is 0 Å². The number of nitrogens with zero attached hydrogens (tertiary/aromatic N) is 1. The third kappa shape index (κ3) is 4.05. The van der Waals surface area contributed by atoms with Crippen molar-refractivity contribution in [1.82, 2.24) is 10.2 Å². The Morgan fingerprint density at radius 1 is 1.42 bits per heavy atom. The highest BCUT2D eigenvalue weighted by molar-refractivity contribution is 9.08. The van der Waals surface area contributed by atoms with Crippen molar-refractivity contribution in [3.8, 4) is 0 Å². The summed E-state index contributed by atoms with van der Waals surface area (Å²) >= 11 is 3.40. The zero-order chi connectivity index (χ0) is 13.7. The van der Waals surface area contributed by atoms with Crippen LogP contribution in [0.2, 0.25) is 0 Å². The lowest BCUT2D eigenvalue weighted by atomic mass is 10.1. The lowest BCUT2D eigenvalue weighted by Gasteiger charge is -2.13. The summed E-state index contributed by atoms with van der Waals surface area (Å²) in [5.41, 5.74) is 1.93. The van der Waals surface area contributed by atoms with Gasteiger partial charge in [-0.25, -0.2) is 0 Å². The van der Waals surface area contributed by atoms with Crippen molar-refractivity contribution in [2.75, 3.05) is 26.2 Å². The second-order valence-electron chi connectivity index (χ2n) is 5.09. The van der Waals surface area contributed by atoms with Crippen LogP contribution in [0.25, 0.3) is 0 Å². The maximum absolute atomic E-state index is 12.0. The monoisotopic (exact) mass is 324 g/mol. The molecule has 0 radical (unpaired) electrons. The fourth-order valence-corrected chi connectivity index (χ4v) is 2.82. The van der Waals surface area contributed by atoms with Crippen LogP contribution in [-0.4, -0.2) is 37.0 Å². The van der Waals surface area contributed by atoms with E-state index in [-0.39, 0.29) is 5.91 Å². The molecule has 1 unspecified atom stereocenters. The standard InChI is InChI=1S/C15H21BrN2O/c1-2-18-8-7-13(11-18)10-17-15(19)14-5-3-12(9-16)4-6-14/h3-6,13H,2,7-11H2,1H3,(H,17,19). The average Bonchev–Trinajstić information content (AvgIpc) is 2.93. The molecule has 4 heteroatoms. The molecule has 1 fully saturated rings. The Labute approximate surface area is 123 Å². The van der Waals surface area contributed by atoms with Crippen LogP contribution < -0.4 is 5.32 Å². The Bertz CT molecular complexity index is 419. The van der Waals surface area contributed by atoms with Gasteiger partial charge in [0.1, 0.15) is 0 Å².